The van der Waals surface area contributed by atoms with E-state index in [-0.39, 0.29) is 24.2 Å². The summed E-state index contributed by atoms with van der Waals surface area (Å²) in [6, 6.07) is 11.6. The van der Waals surface area contributed by atoms with Crippen molar-refractivity contribution in [3.05, 3.63) is 53.4 Å². The molecule has 1 unspecified atom stereocenters. The summed E-state index contributed by atoms with van der Waals surface area (Å²) in [5.74, 6) is 2.00. The number of nitrogens with zero attached hydrogens (tertiary/aromatic N) is 3. The van der Waals surface area contributed by atoms with E-state index >= 15 is 0 Å². The molecular formula is C20H18ClN3O5S. The minimum Gasteiger partial charge on any atom is -0.454 e. The molecular weight excluding hydrogens is 430 g/mol. The highest BCUT2D eigenvalue weighted by molar-refractivity contribution is 7.89. The van der Waals surface area contributed by atoms with Crippen molar-refractivity contribution < 1.29 is 22.4 Å². The average molecular weight is 448 g/mol. The van der Waals surface area contributed by atoms with Crippen molar-refractivity contribution in [1.29, 1.82) is 0 Å². The molecule has 5 rings (SSSR count). The van der Waals surface area contributed by atoms with Crippen molar-refractivity contribution in [3.8, 4) is 22.9 Å². The molecule has 156 valence electrons. The lowest BCUT2D eigenvalue weighted by Gasteiger charge is -2.30. The molecule has 0 radical (unpaired) electrons. The van der Waals surface area contributed by atoms with E-state index in [1.807, 2.05) is 6.07 Å². The number of fused-ring (bicyclic) bond motifs is 1. The minimum atomic E-state index is -3.62. The van der Waals surface area contributed by atoms with E-state index in [1.165, 1.54) is 16.4 Å². The Bertz CT molecular complexity index is 1180. The number of sulfonamides is 1. The monoisotopic (exact) mass is 447 g/mol. The second-order valence-corrected chi connectivity index (χ2v) is 9.55. The van der Waals surface area contributed by atoms with Crippen molar-refractivity contribution in [1.82, 2.24) is 14.4 Å². The van der Waals surface area contributed by atoms with E-state index in [0.29, 0.717) is 41.2 Å². The van der Waals surface area contributed by atoms with Crippen LogP contribution in [-0.2, 0) is 10.0 Å². The lowest BCUT2D eigenvalue weighted by atomic mass is 10.00. The van der Waals surface area contributed by atoms with Gasteiger partial charge in [0.05, 0.1) is 10.8 Å². The van der Waals surface area contributed by atoms with Crippen LogP contribution in [0.5, 0.6) is 11.5 Å². The number of ether oxygens (including phenoxy) is 2. The van der Waals surface area contributed by atoms with Gasteiger partial charge in [-0.15, -0.1) is 0 Å². The van der Waals surface area contributed by atoms with Gasteiger partial charge in [0.25, 0.3) is 0 Å². The maximum atomic E-state index is 13.0. The van der Waals surface area contributed by atoms with Gasteiger partial charge in [-0.1, -0.05) is 16.8 Å². The first kappa shape index (κ1) is 19.3. The van der Waals surface area contributed by atoms with Gasteiger partial charge in [0.2, 0.25) is 28.5 Å². The molecule has 0 amide bonds. The number of rotatable bonds is 4. The van der Waals surface area contributed by atoms with Crippen LogP contribution in [0.2, 0.25) is 5.02 Å². The first-order chi connectivity index (χ1) is 14.5. The molecule has 0 N–H and O–H groups in total. The number of hydrogen-bond acceptors (Lipinski definition) is 7. The summed E-state index contributed by atoms with van der Waals surface area (Å²) >= 11 is 5.88. The molecule has 8 nitrogen and oxygen atoms in total. The number of halogens is 1. The Kier molecular flexibility index (Phi) is 4.88. The van der Waals surface area contributed by atoms with Crippen LogP contribution < -0.4 is 9.47 Å². The molecule has 0 saturated carbocycles. The maximum Gasteiger partial charge on any atom is 0.243 e. The summed E-state index contributed by atoms with van der Waals surface area (Å²) in [6.45, 7) is 0.925. The topological polar surface area (TPSA) is 94.8 Å². The summed E-state index contributed by atoms with van der Waals surface area (Å²) in [5.41, 5.74) is 0.746. The second-order valence-electron chi connectivity index (χ2n) is 7.18. The van der Waals surface area contributed by atoms with Gasteiger partial charge in [-0.2, -0.15) is 9.29 Å². The summed E-state index contributed by atoms with van der Waals surface area (Å²) in [7, 11) is -3.62. The normalized spacial score (nSPS) is 19.2. The van der Waals surface area contributed by atoms with Crippen LogP contribution in [0.25, 0.3) is 11.4 Å². The highest BCUT2D eigenvalue weighted by Crippen LogP contribution is 2.36. The third kappa shape index (κ3) is 3.53. The molecule has 1 aromatic heterocycles. The molecule has 3 heterocycles. The lowest BCUT2D eigenvalue weighted by molar-refractivity contribution is 0.174. The predicted octanol–water partition coefficient (Wildman–Crippen LogP) is 3.69. The Morgan fingerprint density at radius 2 is 1.87 bits per heavy atom. The standard InChI is InChI=1S/C20H18ClN3O5S/c21-15-4-6-16(7-5-15)30(25,26)24-9-1-2-14(11-24)20-22-19(23-29-20)13-3-8-17-18(10-13)28-12-27-17/h3-8,10,14H,1-2,9,11-12H2. The van der Waals surface area contributed by atoms with Crippen molar-refractivity contribution in [2.45, 2.75) is 23.7 Å². The number of hydrogen-bond donors (Lipinski definition) is 0. The third-order valence-electron chi connectivity index (χ3n) is 5.26. The van der Waals surface area contributed by atoms with Gasteiger partial charge in [-0.05, 0) is 55.3 Å². The molecule has 0 bridgehead atoms. The maximum absolute atomic E-state index is 13.0. The second kappa shape index (κ2) is 7.57. The van der Waals surface area contributed by atoms with Gasteiger partial charge in [-0.3, -0.25) is 0 Å². The Hall–Kier alpha value is -2.62. The fraction of sp³-hybridized carbons (Fsp3) is 0.300. The smallest absolute Gasteiger partial charge is 0.243 e. The van der Waals surface area contributed by atoms with E-state index < -0.39 is 10.0 Å². The Morgan fingerprint density at radius 3 is 2.70 bits per heavy atom. The SMILES string of the molecule is O=S(=O)(c1ccc(Cl)cc1)N1CCCC(c2nc(-c3ccc4c(c3)OCO4)no2)C1. The van der Waals surface area contributed by atoms with E-state index in [2.05, 4.69) is 10.1 Å². The Labute approximate surface area is 178 Å². The quantitative estimate of drug-likeness (QED) is 0.601. The van der Waals surface area contributed by atoms with Crippen LogP contribution in [0, 0.1) is 0 Å². The van der Waals surface area contributed by atoms with Crippen molar-refractivity contribution >= 4 is 21.6 Å². The van der Waals surface area contributed by atoms with Gasteiger partial charge >= 0.3 is 0 Å². The lowest BCUT2D eigenvalue weighted by Crippen LogP contribution is -2.39. The van der Waals surface area contributed by atoms with Crippen LogP contribution >= 0.6 is 11.6 Å². The molecule has 1 fully saturated rings. The fourth-order valence-corrected chi connectivity index (χ4v) is 5.32. The summed E-state index contributed by atoms with van der Waals surface area (Å²) in [5, 5.41) is 4.57. The van der Waals surface area contributed by atoms with Crippen LogP contribution in [0.15, 0.2) is 51.9 Å². The molecule has 0 aliphatic carbocycles. The van der Waals surface area contributed by atoms with Crippen molar-refractivity contribution in [3.63, 3.8) is 0 Å². The minimum absolute atomic E-state index is 0.170. The zero-order valence-corrected chi connectivity index (χ0v) is 17.4. The largest absolute Gasteiger partial charge is 0.454 e. The van der Waals surface area contributed by atoms with E-state index in [9.17, 15) is 8.42 Å². The van der Waals surface area contributed by atoms with Gasteiger partial charge in [0, 0.05) is 23.7 Å². The highest BCUT2D eigenvalue weighted by atomic mass is 35.5. The number of benzene rings is 2. The van der Waals surface area contributed by atoms with Crippen molar-refractivity contribution in [2.24, 2.45) is 0 Å². The van der Waals surface area contributed by atoms with Gasteiger partial charge in [0.1, 0.15) is 0 Å². The van der Waals surface area contributed by atoms with Gasteiger partial charge in [-0.25, -0.2) is 8.42 Å². The zero-order chi connectivity index (χ0) is 20.7. The molecule has 30 heavy (non-hydrogen) atoms. The molecule has 1 atom stereocenters. The van der Waals surface area contributed by atoms with Crippen LogP contribution in [0.1, 0.15) is 24.7 Å². The molecule has 2 aliphatic rings. The van der Waals surface area contributed by atoms with Crippen LogP contribution in [0.4, 0.5) is 0 Å². The van der Waals surface area contributed by atoms with E-state index in [4.69, 9.17) is 25.6 Å². The van der Waals surface area contributed by atoms with Crippen molar-refractivity contribution in [2.75, 3.05) is 19.9 Å². The van der Waals surface area contributed by atoms with E-state index in [1.54, 1.807) is 24.3 Å². The summed E-state index contributed by atoms with van der Waals surface area (Å²) < 4.78 is 43.7. The van der Waals surface area contributed by atoms with Crippen LogP contribution in [0.3, 0.4) is 0 Å². The fourth-order valence-electron chi connectivity index (χ4n) is 3.67. The zero-order valence-electron chi connectivity index (χ0n) is 15.8. The first-order valence-corrected chi connectivity index (χ1v) is 11.3. The first-order valence-electron chi connectivity index (χ1n) is 9.50. The average Bonchev–Trinajstić information content (AvgIpc) is 3.43. The highest BCUT2D eigenvalue weighted by Gasteiger charge is 2.33. The number of piperidine rings is 1. The Balaban J connectivity index is 1.36. The Morgan fingerprint density at radius 1 is 1.07 bits per heavy atom. The summed E-state index contributed by atoms with van der Waals surface area (Å²) in [6.07, 6.45) is 1.48. The molecule has 3 aromatic rings. The molecule has 2 aliphatic heterocycles. The van der Waals surface area contributed by atoms with Gasteiger partial charge in [0.15, 0.2) is 11.5 Å². The molecule has 2 aromatic carbocycles. The number of aromatic nitrogens is 2. The van der Waals surface area contributed by atoms with Crippen LogP contribution in [-0.4, -0.2) is 42.7 Å². The molecule has 10 heteroatoms. The third-order valence-corrected chi connectivity index (χ3v) is 7.39. The van der Waals surface area contributed by atoms with Gasteiger partial charge < -0.3 is 14.0 Å². The molecule has 1 saturated heterocycles. The van der Waals surface area contributed by atoms with E-state index in [0.717, 1.165) is 12.0 Å². The summed E-state index contributed by atoms with van der Waals surface area (Å²) in [4.78, 5) is 4.74. The predicted molar refractivity (Wildman–Crippen MR) is 108 cm³/mol. The molecule has 0 spiro atoms.